The van der Waals surface area contributed by atoms with Crippen LogP contribution in [0.4, 0.5) is 5.69 Å². The lowest BCUT2D eigenvalue weighted by molar-refractivity contribution is -0.120. The highest BCUT2D eigenvalue weighted by Crippen LogP contribution is 2.39. The maximum absolute atomic E-state index is 12.6. The maximum Gasteiger partial charge on any atom is 0.230 e. The van der Waals surface area contributed by atoms with E-state index in [-0.39, 0.29) is 17.9 Å². The van der Waals surface area contributed by atoms with E-state index in [9.17, 15) is 9.90 Å². The van der Waals surface area contributed by atoms with Gasteiger partial charge < -0.3 is 10.0 Å². The first-order valence-corrected chi connectivity index (χ1v) is 9.89. The van der Waals surface area contributed by atoms with Gasteiger partial charge in [-0.05, 0) is 56.0 Å². The van der Waals surface area contributed by atoms with Gasteiger partial charge in [-0.2, -0.15) is 0 Å². The number of likely N-dealkylation sites (N-methyl/N-ethyl adjacent to an activating group) is 1. The van der Waals surface area contributed by atoms with Gasteiger partial charge in [0.1, 0.15) is 0 Å². The van der Waals surface area contributed by atoms with Gasteiger partial charge in [0, 0.05) is 30.7 Å². The zero-order chi connectivity index (χ0) is 19.0. The third-order valence-electron chi connectivity index (χ3n) is 5.65. The van der Waals surface area contributed by atoms with Gasteiger partial charge in [-0.25, -0.2) is 0 Å². The number of carbonyl (C=O) groups excluding carboxylic acids is 1. The lowest BCUT2D eigenvalue weighted by Gasteiger charge is -2.23. The Morgan fingerprint density at radius 1 is 1.22 bits per heavy atom. The molecule has 1 fully saturated rings. The van der Waals surface area contributed by atoms with E-state index in [0.717, 1.165) is 37.1 Å². The molecular weight excluding hydrogens is 336 g/mol. The largest absolute Gasteiger partial charge is 0.387 e. The van der Waals surface area contributed by atoms with Crippen molar-refractivity contribution in [2.75, 3.05) is 18.5 Å². The average Bonchev–Trinajstić information content (AvgIpc) is 3.44. The van der Waals surface area contributed by atoms with Crippen molar-refractivity contribution < 1.29 is 9.90 Å². The molecule has 1 amide bonds. The molecular formula is C23H28N2O2. The topological polar surface area (TPSA) is 43.8 Å². The van der Waals surface area contributed by atoms with Gasteiger partial charge in [-0.15, -0.1) is 0 Å². The Morgan fingerprint density at radius 2 is 1.96 bits per heavy atom. The fourth-order valence-electron chi connectivity index (χ4n) is 4.08. The van der Waals surface area contributed by atoms with Crippen molar-refractivity contribution in [1.29, 1.82) is 0 Å². The molecule has 0 spiro atoms. The molecule has 4 rings (SSSR count). The standard InChI is InChI=1S/C23H28N2O2/c1-16-12-20-13-19(10-11-21(20)25(16)23(27)18-8-9-18)22(26)15-24(2)14-17-6-4-3-5-7-17/h3-7,10-11,13,16,18,22,26H,8-9,12,14-15H2,1-2H3/t16-,22-/m1/s1. The summed E-state index contributed by atoms with van der Waals surface area (Å²) in [6.45, 7) is 3.50. The average molecular weight is 364 g/mol. The number of hydrogen-bond donors (Lipinski definition) is 1. The molecule has 27 heavy (non-hydrogen) atoms. The lowest BCUT2D eigenvalue weighted by atomic mass is 10.0. The van der Waals surface area contributed by atoms with Crippen LogP contribution in [0.2, 0.25) is 0 Å². The fourth-order valence-corrected chi connectivity index (χ4v) is 4.08. The summed E-state index contributed by atoms with van der Waals surface area (Å²) in [5.41, 5.74) is 4.39. The van der Waals surface area contributed by atoms with Crippen LogP contribution in [0.3, 0.4) is 0 Å². The van der Waals surface area contributed by atoms with Gasteiger partial charge in [-0.1, -0.05) is 42.5 Å². The SMILES string of the molecule is C[C@@H]1Cc2cc([C@H](O)CN(C)Cc3ccccc3)ccc2N1C(=O)C1CC1. The second kappa shape index (κ2) is 7.45. The Labute approximate surface area is 161 Å². The van der Waals surface area contributed by atoms with Gasteiger partial charge in [0.05, 0.1) is 6.10 Å². The minimum atomic E-state index is -0.535. The first kappa shape index (κ1) is 18.2. The number of nitrogens with zero attached hydrogens (tertiary/aromatic N) is 2. The van der Waals surface area contributed by atoms with E-state index in [1.807, 2.05) is 42.3 Å². The number of anilines is 1. The van der Waals surface area contributed by atoms with Gasteiger partial charge in [-0.3, -0.25) is 9.69 Å². The molecule has 1 heterocycles. The van der Waals surface area contributed by atoms with Crippen LogP contribution in [0, 0.1) is 5.92 Å². The van der Waals surface area contributed by atoms with Crippen LogP contribution in [0.25, 0.3) is 0 Å². The number of hydrogen-bond acceptors (Lipinski definition) is 3. The molecule has 0 unspecified atom stereocenters. The lowest BCUT2D eigenvalue weighted by Crippen LogP contribution is -2.36. The molecule has 1 N–H and O–H groups in total. The number of aliphatic hydroxyl groups is 1. The van der Waals surface area contributed by atoms with E-state index in [4.69, 9.17) is 0 Å². The smallest absolute Gasteiger partial charge is 0.230 e. The highest BCUT2D eigenvalue weighted by molar-refractivity contribution is 5.99. The second-order valence-corrected chi connectivity index (χ2v) is 8.12. The number of fused-ring (bicyclic) bond motifs is 1. The van der Waals surface area contributed by atoms with Crippen LogP contribution in [0.1, 0.15) is 42.6 Å². The van der Waals surface area contributed by atoms with E-state index in [0.29, 0.717) is 6.54 Å². The summed E-state index contributed by atoms with van der Waals surface area (Å²) in [6.07, 6.45) is 2.39. The van der Waals surface area contributed by atoms with Crippen molar-refractivity contribution in [3.05, 3.63) is 65.2 Å². The quantitative estimate of drug-likeness (QED) is 0.853. The summed E-state index contributed by atoms with van der Waals surface area (Å²) >= 11 is 0. The predicted octanol–water partition coefficient (Wildman–Crippen LogP) is 3.54. The van der Waals surface area contributed by atoms with Gasteiger partial charge in [0.15, 0.2) is 0 Å². The molecule has 1 saturated carbocycles. The molecule has 0 aromatic heterocycles. The number of benzene rings is 2. The summed E-state index contributed by atoms with van der Waals surface area (Å²) in [7, 11) is 2.03. The van der Waals surface area contributed by atoms with Crippen LogP contribution in [0.15, 0.2) is 48.5 Å². The first-order valence-electron chi connectivity index (χ1n) is 9.89. The zero-order valence-corrected chi connectivity index (χ0v) is 16.1. The molecule has 2 aromatic carbocycles. The van der Waals surface area contributed by atoms with Crippen molar-refractivity contribution in [2.45, 2.75) is 44.9 Å². The minimum Gasteiger partial charge on any atom is -0.387 e. The molecule has 1 aliphatic carbocycles. The Bertz CT molecular complexity index is 816. The van der Waals surface area contributed by atoms with Gasteiger partial charge in [0.2, 0.25) is 5.91 Å². The van der Waals surface area contributed by atoms with Crippen LogP contribution >= 0.6 is 0 Å². The Hall–Kier alpha value is -2.17. The van der Waals surface area contributed by atoms with E-state index in [1.165, 1.54) is 11.1 Å². The summed E-state index contributed by atoms with van der Waals surface area (Å²) in [5, 5.41) is 10.7. The number of rotatable bonds is 6. The summed E-state index contributed by atoms with van der Waals surface area (Å²) < 4.78 is 0. The summed E-state index contributed by atoms with van der Waals surface area (Å²) in [5.74, 6) is 0.507. The van der Waals surface area contributed by atoms with Gasteiger partial charge in [0.25, 0.3) is 0 Å². The molecule has 0 bridgehead atoms. The molecule has 2 aliphatic rings. The molecule has 2 aromatic rings. The van der Waals surface area contributed by atoms with Crippen molar-refractivity contribution in [1.82, 2.24) is 4.90 Å². The van der Waals surface area contributed by atoms with Crippen molar-refractivity contribution >= 4 is 11.6 Å². The van der Waals surface area contributed by atoms with Crippen molar-refractivity contribution in [2.24, 2.45) is 5.92 Å². The third-order valence-corrected chi connectivity index (χ3v) is 5.65. The monoisotopic (exact) mass is 364 g/mol. The van der Waals surface area contributed by atoms with Crippen LogP contribution in [0.5, 0.6) is 0 Å². The molecule has 1 aliphatic heterocycles. The first-order chi connectivity index (χ1) is 13.0. The number of amides is 1. The molecule has 4 nitrogen and oxygen atoms in total. The summed E-state index contributed by atoms with van der Waals surface area (Å²) in [6, 6.07) is 16.6. The van der Waals surface area contributed by atoms with Crippen LogP contribution < -0.4 is 4.90 Å². The summed E-state index contributed by atoms with van der Waals surface area (Å²) in [4.78, 5) is 16.7. The van der Waals surface area contributed by atoms with E-state index >= 15 is 0 Å². The van der Waals surface area contributed by atoms with Crippen LogP contribution in [-0.2, 0) is 17.8 Å². The maximum atomic E-state index is 12.6. The zero-order valence-electron chi connectivity index (χ0n) is 16.1. The Balaban J connectivity index is 1.44. The fraction of sp³-hybridized carbons (Fsp3) is 0.435. The molecule has 0 radical (unpaired) electrons. The highest BCUT2D eigenvalue weighted by Gasteiger charge is 2.39. The predicted molar refractivity (Wildman–Crippen MR) is 108 cm³/mol. The minimum absolute atomic E-state index is 0.209. The van der Waals surface area contributed by atoms with Gasteiger partial charge >= 0.3 is 0 Å². The normalized spacial score (nSPS) is 20.0. The number of aliphatic hydroxyl groups excluding tert-OH is 1. The van der Waals surface area contributed by atoms with E-state index < -0.39 is 6.10 Å². The Kier molecular flexibility index (Phi) is 5.02. The number of carbonyl (C=O) groups is 1. The molecule has 2 atom stereocenters. The molecule has 0 saturated heterocycles. The third kappa shape index (κ3) is 3.92. The highest BCUT2D eigenvalue weighted by atomic mass is 16.3. The van der Waals surface area contributed by atoms with E-state index in [2.05, 4.69) is 30.0 Å². The van der Waals surface area contributed by atoms with E-state index in [1.54, 1.807) is 0 Å². The van der Waals surface area contributed by atoms with Crippen LogP contribution in [-0.4, -0.2) is 35.5 Å². The molecule has 4 heteroatoms. The van der Waals surface area contributed by atoms with Crippen molar-refractivity contribution in [3.8, 4) is 0 Å². The van der Waals surface area contributed by atoms with Crippen molar-refractivity contribution in [3.63, 3.8) is 0 Å². The molecule has 142 valence electrons. The second-order valence-electron chi connectivity index (χ2n) is 8.12. The Morgan fingerprint density at radius 3 is 2.67 bits per heavy atom.